The Labute approximate surface area is 178 Å². The summed E-state index contributed by atoms with van der Waals surface area (Å²) in [6.45, 7) is 4.07. The molecule has 0 bridgehead atoms. The second-order valence-electron chi connectivity index (χ2n) is 7.24. The molecule has 7 heteroatoms. The van der Waals surface area contributed by atoms with Crippen molar-refractivity contribution >= 4 is 40.9 Å². The number of rotatable bonds is 4. The van der Waals surface area contributed by atoms with Gasteiger partial charge in [-0.05, 0) is 41.3 Å². The summed E-state index contributed by atoms with van der Waals surface area (Å²) in [6.07, 6.45) is 0. The first kappa shape index (κ1) is 19.6. The van der Waals surface area contributed by atoms with Crippen LogP contribution in [0.15, 0.2) is 59.1 Å². The molecule has 0 amide bonds. The molecule has 28 heavy (non-hydrogen) atoms. The van der Waals surface area contributed by atoms with Gasteiger partial charge in [0.05, 0.1) is 12.1 Å². The summed E-state index contributed by atoms with van der Waals surface area (Å²) < 4.78 is 0. The number of allylic oxidation sites excluding steroid dienone is 1. The molecule has 2 aromatic rings. The largest absolute Gasteiger partial charge is 0.477 e. The van der Waals surface area contributed by atoms with Crippen molar-refractivity contribution in [1.29, 1.82) is 0 Å². The van der Waals surface area contributed by atoms with Crippen LogP contribution in [0, 0.1) is 5.92 Å². The van der Waals surface area contributed by atoms with Crippen LogP contribution in [0.5, 0.6) is 0 Å². The number of thioether (sulfide) groups is 1. The van der Waals surface area contributed by atoms with Gasteiger partial charge in [-0.25, -0.2) is 4.79 Å². The number of carboxylic acids is 1. The molecular formula is C21H20Cl2N2O2S. The van der Waals surface area contributed by atoms with Gasteiger partial charge in [0.1, 0.15) is 10.4 Å². The van der Waals surface area contributed by atoms with Crippen LogP contribution in [-0.2, 0) is 4.79 Å². The van der Waals surface area contributed by atoms with Crippen molar-refractivity contribution in [2.24, 2.45) is 5.92 Å². The van der Waals surface area contributed by atoms with E-state index in [9.17, 15) is 9.90 Å². The highest BCUT2D eigenvalue weighted by Crippen LogP contribution is 2.53. The van der Waals surface area contributed by atoms with Gasteiger partial charge in [-0.2, -0.15) is 0 Å². The highest BCUT2D eigenvalue weighted by atomic mass is 35.5. The minimum Gasteiger partial charge on any atom is -0.477 e. The van der Waals surface area contributed by atoms with Crippen molar-refractivity contribution in [2.75, 3.05) is 0 Å². The molecule has 4 nitrogen and oxygen atoms in total. The third-order valence-electron chi connectivity index (χ3n) is 5.11. The molecule has 2 aliphatic rings. The predicted molar refractivity (Wildman–Crippen MR) is 114 cm³/mol. The summed E-state index contributed by atoms with van der Waals surface area (Å²) in [4.78, 5) is 14.5. The Morgan fingerprint density at radius 3 is 2.07 bits per heavy atom. The van der Waals surface area contributed by atoms with Gasteiger partial charge in [0.25, 0.3) is 0 Å². The van der Waals surface area contributed by atoms with Crippen molar-refractivity contribution in [3.63, 3.8) is 0 Å². The van der Waals surface area contributed by atoms with E-state index < -0.39 is 5.97 Å². The van der Waals surface area contributed by atoms with Gasteiger partial charge in [-0.15, -0.1) is 0 Å². The Hall–Kier alpha value is -1.66. The van der Waals surface area contributed by atoms with E-state index in [2.05, 4.69) is 10.2 Å². The van der Waals surface area contributed by atoms with Gasteiger partial charge < -0.3 is 10.0 Å². The Morgan fingerprint density at radius 1 is 1.04 bits per heavy atom. The van der Waals surface area contributed by atoms with E-state index >= 15 is 0 Å². The first-order valence-electron chi connectivity index (χ1n) is 9.06. The molecule has 0 spiro atoms. The number of aliphatic carboxylic acids is 1. The van der Waals surface area contributed by atoms with Crippen LogP contribution < -0.4 is 5.32 Å². The third-order valence-corrected chi connectivity index (χ3v) is 6.82. The molecule has 1 saturated heterocycles. The molecule has 2 aliphatic heterocycles. The monoisotopic (exact) mass is 434 g/mol. The minimum absolute atomic E-state index is 0.0000343. The van der Waals surface area contributed by atoms with Crippen LogP contribution in [0.4, 0.5) is 0 Å². The number of carbonyl (C=O) groups is 1. The van der Waals surface area contributed by atoms with Crippen molar-refractivity contribution in [1.82, 2.24) is 10.2 Å². The van der Waals surface area contributed by atoms with E-state index in [-0.39, 0.29) is 23.5 Å². The number of halogens is 2. The molecule has 0 saturated carbocycles. The first-order valence-corrected chi connectivity index (χ1v) is 10.7. The minimum atomic E-state index is -0.872. The Balaban J connectivity index is 1.83. The molecule has 2 aromatic carbocycles. The number of hydrogen-bond acceptors (Lipinski definition) is 4. The summed E-state index contributed by atoms with van der Waals surface area (Å²) in [6, 6.07) is 15.5. The van der Waals surface area contributed by atoms with E-state index in [0.717, 1.165) is 16.8 Å². The maximum absolute atomic E-state index is 11.9. The Bertz CT molecular complexity index is 928. The topological polar surface area (TPSA) is 52.6 Å². The summed E-state index contributed by atoms with van der Waals surface area (Å²) >= 11 is 13.6. The second kappa shape index (κ2) is 7.64. The maximum Gasteiger partial charge on any atom is 0.344 e. The lowest BCUT2D eigenvalue weighted by Crippen LogP contribution is -2.30. The van der Waals surface area contributed by atoms with Crippen molar-refractivity contribution in [3.05, 3.63) is 80.3 Å². The lowest BCUT2D eigenvalue weighted by Gasteiger charge is -2.32. The summed E-state index contributed by atoms with van der Waals surface area (Å²) in [5.41, 5.74) is 2.93. The molecule has 3 unspecified atom stereocenters. The zero-order valence-corrected chi connectivity index (χ0v) is 17.7. The van der Waals surface area contributed by atoms with E-state index in [1.807, 2.05) is 62.4 Å². The smallest absolute Gasteiger partial charge is 0.344 e. The van der Waals surface area contributed by atoms with Crippen LogP contribution in [0.25, 0.3) is 0 Å². The predicted octanol–water partition coefficient (Wildman–Crippen LogP) is 5.66. The van der Waals surface area contributed by atoms with Gasteiger partial charge in [-0.3, -0.25) is 5.32 Å². The second-order valence-corrected chi connectivity index (χ2v) is 9.21. The van der Waals surface area contributed by atoms with Crippen LogP contribution in [0.1, 0.15) is 37.1 Å². The number of fused-ring (bicyclic) bond motifs is 1. The van der Waals surface area contributed by atoms with Crippen LogP contribution >= 0.6 is 35.0 Å². The number of benzene rings is 2. The number of carboxylic acid groups (broad SMARTS) is 1. The molecule has 3 atom stereocenters. The molecule has 0 radical (unpaired) electrons. The standard InChI is InChI=1S/C21H20Cl2N2O2S/c1-11(2)17-19(20(26)27)28-21-24-16(12-3-7-14(22)8-4-12)18(25(17)21)13-5-9-15(23)10-6-13/h3-11,16,18,21,24H,1-2H3,(H,26,27). The van der Waals surface area contributed by atoms with E-state index in [1.54, 1.807) is 0 Å². The van der Waals surface area contributed by atoms with Crippen LogP contribution in [0.3, 0.4) is 0 Å². The maximum atomic E-state index is 11.9. The first-order chi connectivity index (χ1) is 13.4. The van der Waals surface area contributed by atoms with Gasteiger partial charge in [0, 0.05) is 15.7 Å². The number of nitrogens with one attached hydrogen (secondary N) is 1. The van der Waals surface area contributed by atoms with E-state index in [0.29, 0.717) is 15.0 Å². The van der Waals surface area contributed by atoms with Gasteiger partial charge in [0.2, 0.25) is 0 Å². The molecule has 2 N–H and O–H groups in total. The van der Waals surface area contributed by atoms with Crippen LogP contribution in [-0.4, -0.2) is 21.5 Å². The quantitative estimate of drug-likeness (QED) is 0.649. The Kier molecular flexibility index (Phi) is 5.36. The van der Waals surface area contributed by atoms with Crippen molar-refractivity contribution < 1.29 is 9.90 Å². The molecule has 0 aliphatic carbocycles. The van der Waals surface area contributed by atoms with Crippen LogP contribution in [0.2, 0.25) is 10.0 Å². The molecular weight excluding hydrogens is 415 g/mol. The average Bonchev–Trinajstić information content (AvgIpc) is 3.19. The van der Waals surface area contributed by atoms with Gasteiger partial charge >= 0.3 is 5.97 Å². The molecule has 4 rings (SSSR count). The highest BCUT2D eigenvalue weighted by Gasteiger charge is 2.49. The SMILES string of the molecule is CC(C)C1=C(C(=O)O)SC2NC(c3ccc(Cl)cc3)C(c3ccc(Cl)cc3)N12. The summed E-state index contributed by atoms with van der Waals surface area (Å²) in [5, 5.41) is 14.7. The average molecular weight is 435 g/mol. The summed E-state index contributed by atoms with van der Waals surface area (Å²) in [7, 11) is 0. The van der Waals surface area contributed by atoms with Gasteiger partial charge in [-0.1, -0.05) is 73.1 Å². The fraction of sp³-hybridized carbons (Fsp3) is 0.286. The molecule has 2 heterocycles. The summed E-state index contributed by atoms with van der Waals surface area (Å²) in [5.74, 6) is -0.785. The molecule has 146 valence electrons. The third kappa shape index (κ3) is 3.41. The van der Waals surface area contributed by atoms with Crippen molar-refractivity contribution in [2.45, 2.75) is 31.4 Å². The fourth-order valence-electron chi connectivity index (χ4n) is 3.97. The number of nitrogens with zero attached hydrogens (tertiary/aromatic N) is 1. The zero-order chi connectivity index (χ0) is 20.0. The van der Waals surface area contributed by atoms with Gasteiger partial charge in [0.15, 0.2) is 0 Å². The zero-order valence-electron chi connectivity index (χ0n) is 15.4. The van der Waals surface area contributed by atoms with E-state index in [1.165, 1.54) is 11.8 Å². The highest BCUT2D eigenvalue weighted by molar-refractivity contribution is 8.04. The fourth-order valence-corrected chi connectivity index (χ4v) is 5.58. The lowest BCUT2D eigenvalue weighted by molar-refractivity contribution is -0.131. The normalized spacial score (nSPS) is 24.2. The van der Waals surface area contributed by atoms with E-state index in [4.69, 9.17) is 23.2 Å². The Morgan fingerprint density at radius 2 is 1.57 bits per heavy atom. The number of hydrogen-bond donors (Lipinski definition) is 2. The lowest BCUT2D eigenvalue weighted by atomic mass is 9.92. The molecule has 1 fully saturated rings. The molecule has 0 aromatic heterocycles. The van der Waals surface area contributed by atoms with Crippen molar-refractivity contribution in [3.8, 4) is 0 Å².